The third kappa shape index (κ3) is 4.55. The van der Waals surface area contributed by atoms with Gasteiger partial charge in [-0.1, -0.05) is 42.5 Å². The van der Waals surface area contributed by atoms with Gasteiger partial charge in [0.25, 0.3) is 16.8 Å². The van der Waals surface area contributed by atoms with E-state index in [2.05, 4.69) is 4.90 Å². The maximum atomic E-state index is 12.8. The summed E-state index contributed by atoms with van der Waals surface area (Å²) >= 11 is 0.891. The first-order valence-electron chi connectivity index (χ1n) is 9.80. The maximum Gasteiger partial charge on any atom is 0.293 e. The molecule has 0 spiro atoms. The molecule has 3 aromatic carbocycles. The zero-order valence-electron chi connectivity index (χ0n) is 17.2. The second-order valence-electron chi connectivity index (χ2n) is 7.18. The van der Waals surface area contributed by atoms with Gasteiger partial charge in [0.15, 0.2) is 0 Å². The van der Waals surface area contributed by atoms with Gasteiger partial charge in [-0.05, 0) is 53.2 Å². The van der Waals surface area contributed by atoms with Crippen molar-refractivity contribution in [3.05, 3.63) is 105 Å². The molecule has 0 aromatic heterocycles. The zero-order chi connectivity index (χ0) is 22.7. The van der Waals surface area contributed by atoms with Gasteiger partial charge in [0.1, 0.15) is 0 Å². The van der Waals surface area contributed by atoms with Crippen LogP contribution in [0.3, 0.4) is 0 Å². The van der Waals surface area contributed by atoms with Crippen molar-refractivity contribution in [2.45, 2.75) is 6.54 Å². The molecule has 2 amide bonds. The summed E-state index contributed by atoms with van der Waals surface area (Å²) in [6, 6.07) is 23.5. The van der Waals surface area contributed by atoms with Gasteiger partial charge in [-0.2, -0.15) is 0 Å². The van der Waals surface area contributed by atoms with E-state index >= 15 is 0 Å². The molecule has 0 unspecified atom stereocenters. The van der Waals surface area contributed by atoms with Crippen LogP contribution in [0.2, 0.25) is 0 Å². The Bertz CT molecular complexity index is 1190. The molecule has 1 fully saturated rings. The van der Waals surface area contributed by atoms with Gasteiger partial charge >= 0.3 is 0 Å². The Kier molecular flexibility index (Phi) is 6.04. The first-order chi connectivity index (χ1) is 15.4. The van der Waals surface area contributed by atoms with Gasteiger partial charge in [-0.3, -0.25) is 24.6 Å². The van der Waals surface area contributed by atoms with E-state index in [-0.39, 0.29) is 23.4 Å². The summed E-state index contributed by atoms with van der Waals surface area (Å²) < 4.78 is 0. The number of hydrogen-bond donors (Lipinski definition) is 0. The fraction of sp³-hybridized carbons (Fsp3) is 0.0833. The molecule has 0 N–H and O–H groups in total. The van der Waals surface area contributed by atoms with Gasteiger partial charge in [-0.15, -0.1) is 0 Å². The van der Waals surface area contributed by atoms with Crippen LogP contribution in [-0.2, 0) is 11.3 Å². The predicted octanol–water partition coefficient (Wildman–Crippen LogP) is 5.60. The molecule has 1 heterocycles. The number of carbonyl (C=O) groups is 2. The summed E-state index contributed by atoms with van der Waals surface area (Å²) in [4.78, 5) is 39.0. The van der Waals surface area contributed by atoms with E-state index < -0.39 is 4.92 Å². The van der Waals surface area contributed by atoms with Crippen molar-refractivity contribution in [1.82, 2.24) is 4.90 Å². The van der Waals surface area contributed by atoms with E-state index in [4.69, 9.17) is 0 Å². The van der Waals surface area contributed by atoms with Crippen molar-refractivity contribution >= 4 is 46.0 Å². The summed E-state index contributed by atoms with van der Waals surface area (Å²) in [5.41, 5.74) is 3.49. The Balaban J connectivity index is 1.47. The minimum absolute atomic E-state index is 0.0378. The predicted molar refractivity (Wildman–Crippen MR) is 126 cm³/mol. The SMILES string of the molecule is CN(c1ccccc1)c1ccc(/C=C2\SC(=O)N(Cc3ccc([N+](=O)[O-])cc3)C2=O)cc1. The molecule has 0 aliphatic carbocycles. The van der Waals surface area contributed by atoms with Crippen LogP contribution in [0.15, 0.2) is 83.8 Å². The summed E-state index contributed by atoms with van der Waals surface area (Å²) in [7, 11) is 1.98. The largest absolute Gasteiger partial charge is 0.345 e. The lowest BCUT2D eigenvalue weighted by molar-refractivity contribution is -0.384. The van der Waals surface area contributed by atoms with Crippen LogP contribution in [0.5, 0.6) is 0 Å². The Labute approximate surface area is 189 Å². The van der Waals surface area contributed by atoms with Crippen molar-refractivity contribution in [2.75, 3.05) is 11.9 Å². The van der Waals surface area contributed by atoms with Crippen LogP contribution in [0.4, 0.5) is 21.9 Å². The number of amides is 2. The zero-order valence-corrected chi connectivity index (χ0v) is 18.0. The minimum atomic E-state index is -0.491. The van der Waals surface area contributed by atoms with Crippen LogP contribution in [0, 0.1) is 10.1 Å². The maximum absolute atomic E-state index is 12.8. The van der Waals surface area contributed by atoms with Gasteiger partial charge in [0, 0.05) is 30.6 Å². The summed E-state index contributed by atoms with van der Waals surface area (Å²) in [6.45, 7) is 0.0702. The lowest BCUT2D eigenvalue weighted by atomic mass is 10.1. The van der Waals surface area contributed by atoms with E-state index in [9.17, 15) is 19.7 Å². The number of imide groups is 1. The van der Waals surface area contributed by atoms with Crippen LogP contribution in [0.1, 0.15) is 11.1 Å². The highest BCUT2D eigenvalue weighted by Crippen LogP contribution is 2.34. The number of benzene rings is 3. The number of thioether (sulfide) groups is 1. The third-order valence-electron chi connectivity index (χ3n) is 5.08. The Morgan fingerprint density at radius 1 is 0.938 bits per heavy atom. The number of para-hydroxylation sites is 1. The first kappa shape index (κ1) is 21.3. The second kappa shape index (κ2) is 9.07. The van der Waals surface area contributed by atoms with Crippen molar-refractivity contribution in [2.24, 2.45) is 0 Å². The molecule has 3 aromatic rings. The minimum Gasteiger partial charge on any atom is -0.345 e. The summed E-state index contributed by atoms with van der Waals surface area (Å²) in [5.74, 6) is -0.371. The van der Waals surface area contributed by atoms with Crippen molar-refractivity contribution < 1.29 is 14.5 Å². The second-order valence-corrected chi connectivity index (χ2v) is 8.17. The number of nitro groups is 1. The molecule has 1 saturated heterocycles. The van der Waals surface area contributed by atoms with Crippen molar-refractivity contribution in [3.63, 3.8) is 0 Å². The molecular weight excluding hydrogens is 426 g/mol. The van der Waals surface area contributed by atoms with Crippen molar-refractivity contribution in [3.8, 4) is 0 Å². The third-order valence-corrected chi connectivity index (χ3v) is 5.99. The standard InChI is InChI=1S/C24H19N3O4S/c1-25(19-5-3-2-4-6-19)20-11-7-17(8-12-20)15-22-23(28)26(24(29)32-22)16-18-9-13-21(14-10-18)27(30)31/h2-15H,16H2,1H3/b22-15-. The summed E-state index contributed by atoms with van der Waals surface area (Å²) in [6.07, 6.45) is 1.70. The molecule has 8 heteroatoms. The van der Waals surface area contributed by atoms with E-state index in [1.165, 1.54) is 12.1 Å². The Morgan fingerprint density at radius 2 is 1.56 bits per heavy atom. The van der Waals surface area contributed by atoms with E-state index in [1.807, 2.05) is 61.6 Å². The number of carbonyl (C=O) groups excluding carboxylic acids is 2. The molecule has 4 rings (SSSR count). The molecule has 0 radical (unpaired) electrons. The Hall–Kier alpha value is -3.91. The van der Waals surface area contributed by atoms with Crippen LogP contribution in [-0.4, -0.2) is 28.0 Å². The van der Waals surface area contributed by atoms with Gasteiger partial charge in [0.2, 0.25) is 0 Å². The first-order valence-corrected chi connectivity index (χ1v) is 10.6. The molecule has 0 atom stereocenters. The number of anilines is 2. The number of nitro benzene ring substituents is 1. The van der Waals surface area contributed by atoms with Crippen LogP contribution >= 0.6 is 11.8 Å². The monoisotopic (exact) mass is 445 g/mol. The highest BCUT2D eigenvalue weighted by Gasteiger charge is 2.35. The molecule has 0 saturated carbocycles. The number of nitrogens with zero attached hydrogens (tertiary/aromatic N) is 3. The van der Waals surface area contributed by atoms with E-state index in [0.717, 1.165) is 33.6 Å². The normalized spacial score (nSPS) is 14.8. The van der Waals surface area contributed by atoms with Crippen LogP contribution < -0.4 is 4.90 Å². The molecular formula is C24H19N3O4S. The lowest BCUT2D eigenvalue weighted by Crippen LogP contribution is -2.27. The van der Waals surface area contributed by atoms with Gasteiger partial charge in [-0.25, -0.2) is 0 Å². The topological polar surface area (TPSA) is 83.8 Å². The van der Waals surface area contributed by atoms with Crippen LogP contribution in [0.25, 0.3) is 6.08 Å². The Morgan fingerprint density at radius 3 is 2.19 bits per heavy atom. The highest BCUT2D eigenvalue weighted by atomic mass is 32.2. The van der Waals surface area contributed by atoms with Gasteiger partial charge < -0.3 is 4.90 Å². The van der Waals surface area contributed by atoms with Crippen molar-refractivity contribution in [1.29, 1.82) is 0 Å². The smallest absolute Gasteiger partial charge is 0.293 e. The molecule has 1 aliphatic heterocycles. The quantitative estimate of drug-likeness (QED) is 0.279. The molecule has 7 nitrogen and oxygen atoms in total. The molecule has 0 bridgehead atoms. The fourth-order valence-corrected chi connectivity index (χ4v) is 4.13. The molecule has 32 heavy (non-hydrogen) atoms. The highest BCUT2D eigenvalue weighted by molar-refractivity contribution is 8.18. The van der Waals surface area contributed by atoms with E-state index in [1.54, 1.807) is 18.2 Å². The fourth-order valence-electron chi connectivity index (χ4n) is 3.29. The average Bonchev–Trinajstić information content (AvgIpc) is 3.07. The lowest BCUT2D eigenvalue weighted by Gasteiger charge is -2.19. The van der Waals surface area contributed by atoms with Gasteiger partial charge in [0.05, 0.1) is 16.4 Å². The van der Waals surface area contributed by atoms with E-state index in [0.29, 0.717) is 10.5 Å². The summed E-state index contributed by atoms with van der Waals surface area (Å²) in [5, 5.41) is 10.4. The average molecular weight is 446 g/mol. The molecule has 160 valence electrons. The molecule has 1 aliphatic rings. The number of non-ortho nitro benzene ring substituents is 1. The number of hydrogen-bond acceptors (Lipinski definition) is 6. The number of rotatable bonds is 6.